The van der Waals surface area contributed by atoms with Gasteiger partial charge in [0.15, 0.2) is 5.96 Å². The zero-order valence-corrected chi connectivity index (χ0v) is 15.5. The van der Waals surface area contributed by atoms with Crippen molar-refractivity contribution >= 4 is 5.96 Å². The number of nitrogens with zero attached hydrogens (tertiary/aromatic N) is 2. The van der Waals surface area contributed by atoms with Gasteiger partial charge in [-0.1, -0.05) is 19.0 Å². The summed E-state index contributed by atoms with van der Waals surface area (Å²) in [5.41, 5.74) is 2.27. The van der Waals surface area contributed by atoms with E-state index >= 15 is 0 Å². The van der Waals surface area contributed by atoms with Crippen molar-refractivity contribution in [2.45, 2.75) is 66.5 Å². The molecule has 6 heteroatoms. The van der Waals surface area contributed by atoms with E-state index in [0.29, 0.717) is 6.54 Å². The van der Waals surface area contributed by atoms with Crippen LogP contribution < -0.4 is 16.0 Å². The Morgan fingerprint density at radius 3 is 2.39 bits per heavy atom. The van der Waals surface area contributed by atoms with Crippen molar-refractivity contribution in [2.24, 2.45) is 4.99 Å². The van der Waals surface area contributed by atoms with Gasteiger partial charge in [0.05, 0.1) is 12.2 Å². The van der Waals surface area contributed by atoms with Crippen molar-refractivity contribution in [1.82, 2.24) is 21.1 Å². The van der Waals surface area contributed by atoms with Crippen LogP contribution in [0.1, 0.15) is 58.6 Å². The molecular weight excluding hydrogens is 290 g/mol. The molecule has 0 unspecified atom stereocenters. The van der Waals surface area contributed by atoms with E-state index in [1.165, 1.54) is 0 Å². The quantitative estimate of drug-likeness (QED) is 0.389. The first-order chi connectivity index (χ1) is 10.9. The van der Waals surface area contributed by atoms with E-state index < -0.39 is 0 Å². The molecule has 0 aliphatic carbocycles. The van der Waals surface area contributed by atoms with E-state index in [0.717, 1.165) is 55.5 Å². The molecule has 0 fully saturated rings. The van der Waals surface area contributed by atoms with Gasteiger partial charge >= 0.3 is 0 Å². The number of nitrogens with one attached hydrogen (secondary N) is 3. The van der Waals surface area contributed by atoms with E-state index in [1.54, 1.807) is 0 Å². The van der Waals surface area contributed by atoms with Crippen molar-refractivity contribution in [2.75, 3.05) is 19.6 Å². The molecule has 0 atom stereocenters. The molecule has 0 bridgehead atoms. The highest BCUT2D eigenvalue weighted by Crippen LogP contribution is 2.16. The summed E-state index contributed by atoms with van der Waals surface area (Å²) in [5, 5.41) is 14.2. The van der Waals surface area contributed by atoms with Crippen LogP contribution in [0.3, 0.4) is 0 Å². The van der Waals surface area contributed by atoms with Crippen LogP contribution in [0.25, 0.3) is 0 Å². The van der Waals surface area contributed by atoms with Gasteiger partial charge in [-0.25, -0.2) is 4.99 Å². The lowest BCUT2D eigenvalue weighted by Gasteiger charge is -2.21. The van der Waals surface area contributed by atoms with Gasteiger partial charge in [-0.2, -0.15) is 0 Å². The minimum Gasteiger partial charge on any atom is -0.361 e. The van der Waals surface area contributed by atoms with Crippen molar-refractivity contribution in [3.63, 3.8) is 0 Å². The molecule has 1 aromatic heterocycles. The van der Waals surface area contributed by atoms with Gasteiger partial charge in [0.2, 0.25) is 0 Å². The number of aromatic nitrogens is 1. The molecule has 0 aliphatic heterocycles. The number of hydrogen-bond donors (Lipinski definition) is 3. The Morgan fingerprint density at radius 2 is 1.83 bits per heavy atom. The van der Waals surface area contributed by atoms with Crippen LogP contribution in [-0.2, 0) is 19.4 Å². The SMILES string of the molecule is CCNC(=NCc1c(CC)noc1CC)NCCNC(C)(C)C. The summed E-state index contributed by atoms with van der Waals surface area (Å²) in [4.78, 5) is 4.67. The van der Waals surface area contributed by atoms with Crippen LogP contribution in [0.15, 0.2) is 9.52 Å². The maximum Gasteiger partial charge on any atom is 0.191 e. The first kappa shape index (κ1) is 19.5. The number of rotatable bonds is 8. The second-order valence-corrected chi connectivity index (χ2v) is 6.54. The Balaban J connectivity index is 2.63. The Morgan fingerprint density at radius 1 is 1.09 bits per heavy atom. The molecule has 0 amide bonds. The van der Waals surface area contributed by atoms with E-state index in [4.69, 9.17) is 4.52 Å². The van der Waals surface area contributed by atoms with Crippen LogP contribution in [0, 0.1) is 0 Å². The fourth-order valence-electron chi connectivity index (χ4n) is 2.23. The second kappa shape index (κ2) is 9.55. The zero-order valence-electron chi connectivity index (χ0n) is 15.5. The fourth-order valence-corrected chi connectivity index (χ4v) is 2.23. The average Bonchev–Trinajstić information content (AvgIpc) is 2.89. The van der Waals surface area contributed by atoms with Crippen molar-refractivity contribution in [3.05, 3.63) is 17.0 Å². The molecule has 6 nitrogen and oxygen atoms in total. The van der Waals surface area contributed by atoms with Gasteiger partial charge in [0, 0.05) is 37.2 Å². The van der Waals surface area contributed by atoms with Crippen molar-refractivity contribution in [1.29, 1.82) is 0 Å². The maximum absolute atomic E-state index is 5.39. The third-order valence-electron chi connectivity index (χ3n) is 3.42. The van der Waals surface area contributed by atoms with Gasteiger partial charge < -0.3 is 20.5 Å². The standard InChI is InChI=1S/C17H33N5O/c1-7-14-13(15(8-2)23-22-14)12-20-16(18-9-3)19-10-11-21-17(4,5)6/h21H,7-12H2,1-6H3,(H2,18,19,20). The molecule has 1 rings (SSSR count). The van der Waals surface area contributed by atoms with Crippen LogP contribution >= 0.6 is 0 Å². The van der Waals surface area contributed by atoms with Gasteiger partial charge in [-0.15, -0.1) is 0 Å². The predicted molar refractivity (Wildman–Crippen MR) is 95.8 cm³/mol. The molecule has 23 heavy (non-hydrogen) atoms. The summed E-state index contributed by atoms with van der Waals surface area (Å²) < 4.78 is 5.39. The van der Waals surface area contributed by atoms with Crippen molar-refractivity contribution < 1.29 is 4.52 Å². The number of aliphatic imine (C=N–C) groups is 1. The maximum atomic E-state index is 5.39. The van der Waals surface area contributed by atoms with Gasteiger partial charge in [-0.3, -0.25) is 0 Å². The number of guanidine groups is 1. The van der Waals surface area contributed by atoms with E-state index in [1.807, 2.05) is 0 Å². The molecule has 0 aliphatic rings. The zero-order chi connectivity index (χ0) is 17.3. The largest absolute Gasteiger partial charge is 0.361 e. The molecule has 0 saturated heterocycles. The lowest BCUT2D eigenvalue weighted by molar-refractivity contribution is 0.380. The summed E-state index contributed by atoms with van der Waals surface area (Å²) in [6, 6.07) is 0. The van der Waals surface area contributed by atoms with Gasteiger partial charge in [0.1, 0.15) is 5.76 Å². The van der Waals surface area contributed by atoms with Crippen molar-refractivity contribution in [3.8, 4) is 0 Å². The highest BCUT2D eigenvalue weighted by Gasteiger charge is 2.13. The molecule has 3 N–H and O–H groups in total. The molecule has 1 aromatic rings. The summed E-state index contributed by atoms with van der Waals surface area (Å²) in [7, 11) is 0. The monoisotopic (exact) mass is 323 g/mol. The minimum atomic E-state index is 0.131. The molecule has 0 aromatic carbocycles. The van der Waals surface area contributed by atoms with E-state index in [-0.39, 0.29) is 5.54 Å². The van der Waals surface area contributed by atoms with Gasteiger partial charge in [-0.05, 0) is 34.1 Å². The second-order valence-electron chi connectivity index (χ2n) is 6.54. The topological polar surface area (TPSA) is 74.5 Å². The Kier molecular flexibility index (Phi) is 8.09. The Bertz CT molecular complexity index is 466. The summed E-state index contributed by atoms with van der Waals surface area (Å²) >= 11 is 0. The van der Waals surface area contributed by atoms with Crippen LogP contribution in [0.5, 0.6) is 0 Å². The van der Waals surface area contributed by atoms with Crippen LogP contribution in [0.2, 0.25) is 0 Å². The van der Waals surface area contributed by atoms with Crippen LogP contribution in [0.4, 0.5) is 0 Å². The highest BCUT2D eigenvalue weighted by atomic mass is 16.5. The van der Waals surface area contributed by atoms with E-state index in [9.17, 15) is 0 Å². The molecular formula is C17H33N5O. The summed E-state index contributed by atoms with van der Waals surface area (Å²) in [5.74, 6) is 1.77. The predicted octanol–water partition coefficient (Wildman–Crippen LogP) is 2.24. The third-order valence-corrected chi connectivity index (χ3v) is 3.42. The minimum absolute atomic E-state index is 0.131. The average molecular weight is 323 g/mol. The number of aryl methyl sites for hydroxylation is 2. The fraction of sp³-hybridized carbons (Fsp3) is 0.765. The molecule has 0 saturated carbocycles. The normalized spacial score (nSPS) is 12.5. The summed E-state index contributed by atoms with van der Waals surface area (Å²) in [6.45, 7) is 15.9. The third kappa shape index (κ3) is 7.03. The number of hydrogen-bond acceptors (Lipinski definition) is 4. The molecule has 132 valence electrons. The first-order valence-electron chi connectivity index (χ1n) is 8.64. The first-order valence-corrected chi connectivity index (χ1v) is 8.64. The van der Waals surface area contributed by atoms with Gasteiger partial charge in [0.25, 0.3) is 0 Å². The molecule has 0 spiro atoms. The molecule has 1 heterocycles. The lowest BCUT2D eigenvalue weighted by Crippen LogP contribution is -2.44. The Labute approximate surface area is 140 Å². The highest BCUT2D eigenvalue weighted by molar-refractivity contribution is 5.79. The lowest BCUT2D eigenvalue weighted by atomic mass is 10.1. The molecule has 0 radical (unpaired) electrons. The summed E-state index contributed by atoms with van der Waals surface area (Å²) in [6.07, 6.45) is 1.71. The Hall–Kier alpha value is -1.56. The van der Waals surface area contributed by atoms with Crippen LogP contribution in [-0.4, -0.2) is 36.3 Å². The van der Waals surface area contributed by atoms with E-state index in [2.05, 4.69) is 67.6 Å². The smallest absolute Gasteiger partial charge is 0.191 e.